The Bertz CT molecular complexity index is 518. The number of ether oxygens (including phenoxy) is 1. The van der Waals surface area contributed by atoms with Crippen molar-refractivity contribution in [1.82, 2.24) is 10.3 Å². The van der Waals surface area contributed by atoms with E-state index in [1.165, 1.54) is 0 Å². The highest BCUT2D eigenvalue weighted by molar-refractivity contribution is 9.11. The standard InChI is InChI=1S/C14H16Br2N2O2/c15-11-7-13(16)14(18-8-11)9-17-4-2-5-19-10-12-3-1-6-20-12/h1,3,6-8,17H,2,4-5,9-10H2. The Kier molecular flexibility index (Phi) is 6.72. The number of furan rings is 1. The van der Waals surface area contributed by atoms with Gasteiger partial charge in [0.25, 0.3) is 0 Å². The van der Waals surface area contributed by atoms with Crippen LogP contribution in [0.5, 0.6) is 0 Å². The number of nitrogens with zero attached hydrogens (tertiary/aromatic N) is 1. The number of hydrogen-bond acceptors (Lipinski definition) is 4. The van der Waals surface area contributed by atoms with Crippen LogP contribution in [0.15, 0.2) is 44.0 Å². The molecule has 2 aromatic rings. The van der Waals surface area contributed by atoms with Crippen molar-refractivity contribution in [3.8, 4) is 0 Å². The minimum atomic E-state index is 0.535. The number of rotatable bonds is 8. The van der Waals surface area contributed by atoms with Gasteiger partial charge in [-0.15, -0.1) is 0 Å². The van der Waals surface area contributed by atoms with Gasteiger partial charge in [-0.2, -0.15) is 0 Å². The second-order valence-corrected chi connectivity index (χ2v) is 6.01. The first-order chi connectivity index (χ1) is 9.75. The molecule has 1 N–H and O–H groups in total. The predicted molar refractivity (Wildman–Crippen MR) is 84.3 cm³/mol. The van der Waals surface area contributed by atoms with Gasteiger partial charge < -0.3 is 14.5 Å². The van der Waals surface area contributed by atoms with Crippen LogP contribution in [0.4, 0.5) is 0 Å². The van der Waals surface area contributed by atoms with E-state index in [9.17, 15) is 0 Å². The van der Waals surface area contributed by atoms with Crippen LogP contribution in [0.3, 0.4) is 0 Å². The molecule has 0 aromatic carbocycles. The quantitative estimate of drug-likeness (QED) is 0.679. The second kappa shape index (κ2) is 8.56. The van der Waals surface area contributed by atoms with Crippen LogP contribution in [0.25, 0.3) is 0 Å². The molecular formula is C14H16Br2N2O2. The van der Waals surface area contributed by atoms with Gasteiger partial charge in [-0.05, 0) is 63.0 Å². The normalized spacial score (nSPS) is 10.9. The van der Waals surface area contributed by atoms with Gasteiger partial charge in [-0.1, -0.05) is 0 Å². The molecule has 0 bridgehead atoms. The van der Waals surface area contributed by atoms with Crippen LogP contribution >= 0.6 is 31.9 Å². The van der Waals surface area contributed by atoms with Gasteiger partial charge in [-0.3, -0.25) is 4.98 Å². The van der Waals surface area contributed by atoms with Gasteiger partial charge in [0.05, 0.1) is 12.0 Å². The summed E-state index contributed by atoms with van der Waals surface area (Å²) in [5.74, 6) is 0.862. The molecule has 6 heteroatoms. The minimum absolute atomic E-state index is 0.535. The molecule has 0 spiro atoms. The molecule has 0 aliphatic heterocycles. The second-order valence-electron chi connectivity index (χ2n) is 4.24. The summed E-state index contributed by atoms with van der Waals surface area (Å²) in [4.78, 5) is 4.35. The third-order valence-electron chi connectivity index (χ3n) is 2.64. The van der Waals surface area contributed by atoms with Gasteiger partial charge in [-0.25, -0.2) is 0 Å². The van der Waals surface area contributed by atoms with Crippen molar-refractivity contribution in [3.05, 3.63) is 51.1 Å². The summed E-state index contributed by atoms with van der Waals surface area (Å²) >= 11 is 6.88. The van der Waals surface area contributed by atoms with Crippen LogP contribution in [0, 0.1) is 0 Å². The smallest absolute Gasteiger partial charge is 0.129 e. The van der Waals surface area contributed by atoms with Gasteiger partial charge in [0.1, 0.15) is 12.4 Å². The summed E-state index contributed by atoms with van der Waals surface area (Å²) in [5, 5.41) is 3.34. The molecule has 2 heterocycles. The monoisotopic (exact) mass is 402 g/mol. The minimum Gasteiger partial charge on any atom is -0.467 e. The number of hydrogen-bond donors (Lipinski definition) is 1. The van der Waals surface area contributed by atoms with E-state index in [4.69, 9.17) is 9.15 Å². The molecule has 0 unspecified atom stereocenters. The molecule has 0 saturated carbocycles. The summed E-state index contributed by atoms with van der Waals surface area (Å²) in [6.07, 6.45) is 4.41. The zero-order valence-corrected chi connectivity index (χ0v) is 14.1. The molecule has 0 amide bonds. The molecule has 4 nitrogen and oxygen atoms in total. The van der Waals surface area contributed by atoms with Crippen molar-refractivity contribution < 1.29 is 9.15 Å². The average molecular weight is 404 g/mol. The third-order valence-corrected chi connectivity index (χ3v) is 3.76. The van der Waals surface area contributed by atoms with Crippen molar-refractivity contribution in [3.63, 3.8) is 0 Å². The van der Waals surface area contributed by atoms with Gasteiger partial charge >= 0.3 is 0 Å². The van der Waals surface area contributed by atoms with Crippen LogP contribution in [0.2, 0.25) is 0 Å². The first kappa shape index (κ1) is 15.7. The summed E-state index contributed by atoms with van der Waals surface area (Å²) < 4.78 is 12.7. The van der Waals surface area contributed by atoms with E-state index in [1.54, 1.807) is 12.5 Å². The van der Waals surface area contributed by atoms with Crippen LogP contribution in [-0.4, -0.2) is 18.1 Å². The molecule has 108 valence electrons. The SMILES string of the molecule is Brc1cnc(CNCCCOCc2ccco2)c(Br)c1. The summed E-state index contributed by atoms with van der Waals surface area (Å²) in [6.45, 7) is 2.88. The van der Waals surface area contributed by atoms with Gasteiger partial charge in [0, 0.05) is 28.3 Å². The maximum absolute atomic E-state index is 5.50. The van der Waals surface area contributed by atoms with Crippen molar-refractivity contribution in [2.45, 2.75) is 19.6 Å². The Morgan fingerprint density at radius 3 is 3.00 bits per heavy atom. The highest BCUT2D eigenvalue weighted by atomic mass is 79.9. The first-order valence-electron chi connectivity index (χ1n) is 6.36. The van der Waals surface area contributed by atoms with E-state index in [-0.39, 0.29) is 0 Å². The average Bonchev–Trinajstić information content (AvgIpc) is 2.93. The van der Waals surface area contributed by atoms with E-state index in [2.05, 4.69) is 42.2 Å². The Labute approximate surface area is 135 Å². The highest BCUT2D eigenvalue weighted by Crippen LogP contribution is 2.19. The van der Waals surface area contributed by atoms with Crippen molar-refractivity contribution in [1.29, 1.82) is 0 Å². The molecule has 0 saturated heterocycles. The van der Waals surface area contributed by atoms with Crippen LogP contribution in [-0.2, 0) is 17.9 Å². The third kappa shape index (κ3) is 5.36. The Hall–Kier alpha value is -0.690. The number of aromatic nitrogens is 1. The number of pyridine rings is 1. The zero-order valence-electron chi connectivity index (χ0n) is 10.9. The van der Waals surface area contributed by atoms with E-state index < -0.39 is 0 Å². The van der Waals surface area contributed by atoms with Crippen LogP contribution in [0.1, 0.15) is 17.9 Å². The zero-order chi connectivity index (χ0) is 14.2. The Balaban J connectivity index is 1.55. The molecule has 0 aliphatic carbocycles. The molecule has 0 radical (unpaired) electrons. The van der Waals surface area contributed by atoms with Gasteiger partial charge in [0.2, 0.25) is 0 Å². The number of halogens is 2. The molecular weight excluding hydrogens is 388 g/mol. The summed E-state index contributed by atoms with van der Waals surface area (Å²) in [7, 11) is 0. The highest BCUT2D eigenvalue weighted by Gasteiger charge is 2.01. The van der Waals surface area contributed by atoms with E-state index in [0.717, 1.165) is 39.9 Å². The maximum atomic E-state index is 5.50. The van der Waals surface area contributed by atoms with Crippen molar-refractivity contribution in [2.75, 3.05) is 13.2 Å². The van der Waals surface area contributed by atoms with E-state index >= 15 is 0 Å². The Morgan fingerprint density at radius 2 is 2.25 bits per heavy atom. The first-order valence-corrected chi connectivity index (χ1v) is 7.95. The fraction of sp³-hybridized carbons (Fsp3) is 0.357. The molecule has 20 heavy (non-hydrogen) atoms. The van der Waals surface area contributed by atoms with Crippen molar-refractivity contribution in [2.24, 2.45) is 0 Å². The fourth-order valence-corrected chi connectivity index (χ4v) is 2.77. The summed E-state index contributed by atoms with van der Waals surface area (Å²) in [5.41, 5.74) is 1.00. The lowest BCUT2D eigenvalue weighted by Gasteiger charge is -2.06. The van der Waals surface area contributed by atoms with Crippen LogP contribution < -0.4 is 5.32 Å². The molecule has 2 aromatic heterocycles. The maximum Gasteiger partial charge on any atom is 0.129 e. The lowest BCUT2D eigenvalue weighted by Crippen LogP contribution is -2.17. The Morgan fingerprint density at radius 1 is 1.35 bits per heavy atom. The molecule has 2 rings (SSSR count). The molecule has 0 fully saturated rings. The lowest BCUT2D eigenvalue weighted by molar-refractivity contribution is 0.104. The molecule has 0 atom stereocenters. The predicted octanol–water partition coefficient (Wildman–Crippen LogP) is 3.90. The van der Waals surface area contributed by atoms with E-state index in [1.807, 2.05) is 18.2 Å². The largest absolute Gasteiger partial charge is 0.467 e. The topological polar surface area (TPSA) is 47.3 Å². The van der Waals surface area contributed by atoms with E-state index in [0.29, 0.717) is 13.2 Å². The van der Waals surface area contributed by atoms with Crippen molar-refractivity contribution >= 4 is 31.9 Å². The summed E-state index contributed by atoms with van der Waals surface area (Å²) in [6, 6.07) is 5.77. The molecule has 0 aliphatic rings. The lowest BCUT2D eigenvalue weighted by atomic mass is 10.3. The fourth-order valence-electron chi connectivity index (χ4n) is 1.65. The van der Waals surface area contributed by atoms with Gasteiger partial charge in [0.15, 0.2) is 0 Å². The number of nitrogens with one attached hydrogen (secondary N) is 1.